The third-order valence-corrected chi connectivity index (χ3v) is 4.62. The molecule has 140 valence electrons. The van der Waals surface area contributed by atoms with Crippen LogP contribution < -0.4 is 0 Å². The maximum atomic E-state index is 12.9. The van der Waals surface area contributed by atoms with Crippen LogP contribution in [0, 0.1) is 6.92 Å². The average Bonchev–Trinajstić information content (AvgIpc) is 3.38. The van der Waals surface area contributed by atoms with Crippen molar-refractivity contribution in [1.82, 2.24) is 30.2 Å². The van der Waals surface area contributed by atoms with E-state index in [0.29, 0.717) is 41.9 Å². The Bertz CT molecular complexity index is 933. The molecule has 9 nitrogen and oxygen atoms in total. The molecule has 0 aromatic carbocycles. The Morgan fingerprint density at radius 3 is 2.89 bits per heavy atom. The minimum Gasteiger partial charge on any atom is -0.417 e. The fraction of sp³-hybridized carbons (Fsp3) is 0.444. The van der Waals surface area contributed by atoms with E-state index in [9.17, 15) is 4.79 Å². The highest BCUT2D eigenvalue weighted by Crippen LogP contribution is 2.32. The lowest BCUT2D eigenvalue weighted by Crippen LogP contribution is -2.38. The summed E-state index contributed by atoms with van der Waals surface area (Å²) in [5, 5.41) is 12.1. The van der Waals surface area contributed by atoms with Crippen molar-refractivity contribution >= 4 is 5.91 Å². The van der Waals surface area contributed by atoms with E-state index in [-0.39, 0.29) is 11.9 Å². The Kier molecular flexibility index (Phi) is 4.66. The zero-order valence-corrected chi connectivity index (χ0v) is 15.3. The molecule has 1 saturated heterocycles. The number of piperidine rings is 1. The second-order valence-corrected chi connectivity index (χ2v) is 6.53. The van der Waals surface area contributed by atoms with Crippen LogP contribution in [0.3, 0.4) is 0 Å². The number of likely N-dealkylation sites (tertiary alicyclic amines) is 1. The zero-order chi connectivity index (χ0) is 18.8. The van der Waals surface area contributed by atoms with Crippen molar-refractivity contribution in [3.8, 4) is 11.6 Å². The van der Waals surface area contributed by atoms with E-state index in [4.69, 9.17) is 8.94 Å². The maximum Gasteiger partial charge on any atom is 0.276 e. The van der Waals surface area contributed by atoms with Gasteiger partial charge in [0.2, 0.25) is 5.89 Å². The van der Waals surface area contributed by atoms with Crippen LogP contribution in [0.5, 0.6) is 0 Å². The van der Waals surface area contributed by atoms with E-state index >= 15 is 0 Å². The molecule has 0 unspecified atom stereocenters. The molecule has 27 heavy (non-hydrogen) atoms. The molecular formula is C18H20N6O3. The van der Waals surface area contributed by atoms with Gasteiger partial charge in [0.25, 0.3) is 11.8 Å². The van der Waals surface area contributed by atoms with Gasteiger partial charge in [0.05, 0.1) is 11.9 Å². The summed E-state index contributed by atoms with van der Waals surface area (Å²) in [6.45, 7) is 4.42. The summed E-state index contributed by atoms with van der Waals surface area (Å²) >= 11 is 0. The Morgan fingerprint density at radius 1 is 1.26 bits per heavy atom. The normalized spacial score (nSPS) is 17.3. The van der Waals surface area contributed by atoms with Crippen molar-refractivity contribution in [2.45, 2.75) is 45.6 Å². The van der Waals surface area contributed by atoms with Crippen LogP contribution in [0.4, 0.5) is 0 Å². The fourth-order valence-corrected chi connectivity index (χ4v) is 3.13. The molecule has 0 saturated carbocycles. The van der Waals surface area contributed by atoms with Gasteiger partial charge in [-0.25, -0.2) is 4.98 Å². The van der Waals surface area contributed by atoms with Gasteiger partial charge in [-0.2, -0.15) is 0 Å². The standard InChI is InChI=1S/C18H20N6O3/c1-3-12-8-13(23-27-12)18(25)24-7-5-4-6-15(24)17-22-21-16(26-17)14-10-19-11(2)9-20-14/h8-10,15H,3-7H2,1-2H3/t15-/m1/s1. The summed E-state index contributed by atoms with van der Waals surface area (Å²) < 4.78 is 11.0. The number of aryl methyl sites for hydroxylation is 2. The van der Waals surface area contributed by atoms with Gasteiger partial charge in [-0.1, -0.05) is 12.1 Å². The molecule has 0 radical (unpaired) electrons. The number of nitrogens with zero attached hydrogens (tertiary/aromatic N) is 6. The minimum absolute atomic E-state index is 0.182. The predicted octanol–water partition coefficient (Wildman–Crippen LogP) is 2.75. The van der Waals surface area contributed by atoms with E-state index in [1.807, 2.05) is 13.8 Å². The molecule has 0 aliphatic carbocycles. The van der Waals surface area contributed by atoms with Gasteiger partial charge >= 0.3 is 0 Å². The van der Waals surface area contributed by atoms with Crippen molar-refractivity contribution in [1.29, 1.82) is 0 Å². The van der Waals surface area contributed by atoms with Gasteiger partial charge in [-0.3, -0.25) is 9.78 Å². The Morgan fingerprint density at radius 2 is 2.15 bits per heavy atom. The van der Waals surface area contributed by atoms with E-state index in [2.05, 4.69) is 25.3 Å². The van der Waals surface area contributed by atoms with Crippen LogP contribution in [-0.4, -0.2) is 42.7 Å². The molecule has 3 aromatic rings. The summed E-state index contributed by atoms with van der Waals surface area (Å²) in [5.41, 5.74) is 1.63. The van der Waals surface area contributed by atoms with Gasteiger partial charge in [0.15, 0.2) is 5.69 Å². The second kappa shape index (κ2) is 7.26. The van der Waals surface area contributed by atoms with Crippen molar-refractivity contribution in [2.75, 3.05) is 6.54 Å². The van der Waals surface area contributed by atoms with Gasteiger partial charge in [0, 0.05) is 25.2 Å². The van der Waals surface area contributed by atoms with Crippen LogP contribution in [0.1, 0.15) is 60.1 Å². The zero-order valence-electron chi connectivity index (χ0n) is 15.3. The lowest BCUT2D eigenvalue weighted by Gasteiger charge is -2.32. The first-order valence-corrected chi connectivity index (χ1v) is 9.04. The number of carbonyl (C=O) groups excluding carboxylic acids is 1. The Labute approximate surface area is 155 Å². The molecule has 0 spiro atoms. The molecule has 1 atom stereocenters. The highest BCUT2D eigenvalue weighted by atomic mass is 16.5. The van der Waals surface area contributed by atoms with Crippen LogP contribution in [0.25, 0.3) is 11.6 Å². The van der Waals surface area contributed by atoms with Crippen LogP contribution in [0.15, 0.2) is 27.4 Å². The maximum absolute atomic E-state index is 12.9. The van der Waals surface area contributed by atoms with Crippen molar-refractivity contribution < 1.29 is 13.7 Å². The SMILES string of the molecule is CCc1cc(C(=O)N2CCCC[C@@H]2c2nnc(-c3cnc(C)cn3)o2)no1. The predicted molar refractivity (Wildman–Crippen MR) is 93.6 cm³/mol. The first kappa shape index (κ1) is 17.3. The summed E-state index contributed by atoms with van der Waals surface area (Å²) in [4.78, 5) is 23.1. The Hall–Kier alpha value is -3.10. The number of aromatic nitrogens is 5. The smallest absolute Gasteiger partial charge is 0.276 e. The van der Waals surface area contributed by atoms with E-state index < -0.39 is 0 Å². The third kappa shape index (κ3) is 3.44. The van der Waals surface area contributed by atoms with Crippen LogP contribution in [-0.2, 0) is 6.42 Å². The molecule has 4 rings (SSSR count). The lowest BCUT2D eigenvalue weighted by molar-refractivity contribution is 0.0562. The monoisotopic (exact) mass is 368 g/mol. The highest BCUT2D eigenvalue weighted by Gasteiger charge is 2.34. The number of hydrogen-bond donors (Lipinski definition) is 0. The van der Waals surface area contributed by atoms with E-state index in [1.54, 1.807) is 23.4 Å². The van der Waals surface area contributed by atoms with E-state index in [1.165, 1.54) is 0 Å². The first-order valence-electron chi connectivity index (χ1n) is 9.04. The van der Waals surface area contributed by atoms with Crippen LogP contribution >= 0.6 is 0 Å². The van der Waals surface area contributed by atoms with E-state index in [0.717, 1.165) is 25.0 Å². The molecule has 1 fully saturated rings. The summed E-state index contributed by atoms with van der Waals surface area (Å²) in [7, 11) is 0. The molecule has 0 bridgehead atoms. The molecular weight excluding hydrogens is 348 g/mol. The second-order valence-electron chi connectivity index (χ2n) is 6.53. The number of rotatable bonds is 4. The van der Waals surface area contributed by atoms with Gasteiger partial charge in [-0.05, 0) is 26.2 Å². The van der Waals surface area contributed by atoms with Crippen molar-refractivity contribution in [2.24, 2.45) is 0 Å². The molecule has 9 heteroatoms. The van der Waals surface area contributed by atoms with Crippen molar-refractivity contribution in [3.63, 3.8) is 0 Å². The number of carbonyl (C=O) groups is 1. The van der Waals surface area contributed by atoms with Crippen molar-refractivity contribution in [3.05, 3.63) is 41.5 Å². The average molecular weight is 368 g/mol. The molecule has 1 aliphatic heterocycles. The fourth-order valence-electron chi connectivity index (χ4n) is 3.13. The topological polar surface area (TPSA) is 111 Å². The molecule has 4 heterocycles. The Balaban J connectivity index is 1.59. The third-order valence-electron chi connectivity index (χ3n) is 4.62. The molecule has 3 aromatic heterocycles. The molecule has 1 amide bonds. The quantitative estimate of drug-likeness (QED) is 0.691. The number of hydrogen-bond acceptors (Lipinski definition) is 8. The molecule has 1 aliphatic rings. The summed E-state index contributed by atoms with van der Waals surface area (Å²) in [6.07, 6.45) is 6.59. The highest BCUT2D eigenvalue weighted by molar-refractivity contribution is 5.92. The van der Waals surface area contributed by atoms with Gasteiger partial charge < -0.3 is 13.8 Å². The van der Waals surface area contributed by atoms with Crippen LogP contribution in [0.2, 0.25) is 0 Å². The minimum atomic E-state index is -0.285. The molecule has 0 N–H and O–H groups in total. The van der Waals surface area contributed by atoms with Gasteiger partial charge in [-0.15, -0.1) is 10.2 Å². The summed E-state index contributed by atoms with van der Waals surface area (Å²) in [6, 6.07) is 1.41. The van der Waals surface area contributed by atoms with Gasteiger partial charge in [0.1, 0.15) is 17.5 Å². The first-order chi connectivity index (χ1) is 13.2. The summed E-state index contributed by atoms with van der Waals surface area (Å²) in [5.74, 6) is 1.20. The number of amides is 1. The lowest BCUT2D eigenvalue weighted by atomic mass is 10.0. The largest absolute Gasteiger partial charge is 0.417 e.